The van der Waals surface area contributed by atoms with Gasteiger partial charge in [0.2, 0.25) is 5.95 Å². The molecule has 6 heteroatoms. The zero-order valence-corrected chi connectivity index (χ0v) is 30.7. The van der Waals surface area contributed by atoms with E-state index in [2.05, 4.69) is 44.5 Å². The van der Waals surface area contributed by atoms with Crippen molar-refractivity contribution >= 4 is 17.1 Å². The summed E-state index contributed by atoms with van der Waals surface area (Å²) in [4.78, 5) is 17.2. The van der Waals surface area contributed by atoms with Crippen LogP contribution in [0.3, 0.4) is 0 Å². The van der Waals surface area contributed by atoms with Crippen LogP contribution < -0.4 is 5.32 Å². The summed E-state index contributed by atoms with van der Waals surface area (Å²) in [7, 11) is 0. The second kappa shape index (κ2) is 28.4. The van der Waals surface area contributed by atoms with Crippen LogP contribution in [0, 0.1) is 0 Å². The Labute approximate surface area is 294 Å². The van der Waals surface area contributed by atoms with Crippen molar-refractivity contribution in [2.45, 2.75) is 193 Å². The number of aryl methyl sites for hydroxylation is 1. The highest BCUT2D eigenvalue weighted by atomic mass is 16.2. The number of nitrogens with zero attached hydrogens (tertiary/aromatic N) is 3. The number of aliphatic hydroxyl groups excluding tert-OH is 1. The molecule has 48 heavy (non-hydrogen) atoms. The van der Waals surface area contributed by atoms with E-state index in [9.17, 15) is 0 Å². The van der Waals surface area contributed by atoms with Gasteiger partial charge in [0.25, 0.3) is 0 Å². The van der Waals surface area contributed by atoms with Crippen LogP contribution in [0.1, 0.15) is 191 Å². The quantitative estimate of drug-likeness (QED) is 0.0565. The van der Waals surface area contributed by atoms with Gasteiger partial charge in [-0.15, -0.1) is 0 Å². The van der Waals surface area contributed by atoms with E-state index in [1.54, 1.807) is 0 Å². The molecule has 3 rings (SSSR count). The molecule has 3 aromatic rings. The van der Waals surface area contributed by atoms with E-state index in [4.69, 9.17) is 10.1 Å². The minimum Gasteiger partial charge on any atom is -0.396 e. The maximum Gasteiger partial charge on any atom is 0.203 e. The van der Waals surface area contributed by atoms with Crippen molar-refractivity contribution < 1.29 is 5.11 Å². The SMILES string of the molecule is OCCCCCCCCCCCCCCCCCCCCCCCCCCCCCCc1ncc2[nH]c(NCc3ccccc3)nc2n1. The van der Waals surface area contributed by atoms with Gasteiger partial charge in [-0.2, -0.15) is 4.98 Å². The van der Waals surface area contributed by atoms with Crippen molar-refractivity contribution in [1.82, 2.24) is 19.9 Å². The standard InChI is InChI=1S/C42H71N5O/c48-35-31-26-24-22-20-18-16-14-12-10-8-6-4-2-1-3-5-7-9-11-13-15-17-19-21-23-25-30-34-40-43-37-39-41(46-40)47-42(45-39)44-36-38-32-28-27-29-33-38/h27-29,32-33,37,48H,1-26,30-31,34-36H2,(H2,43,44,45,46,47). The highest BCUT2D eigenvalue weighted by Gasteiger charge is 2.07. The topological polar surface area (TPSA) is 86.7 Å². The normalized spacial score (nSPS) is 11.5. The second-order valence-corrected chi connectivity index (χ2v) is 14.3. The molecule has 3 N–H and O–H groups in total. The number of aliphatic hydroxyl groups is 1. The molecule has 1 aromatic carbocycles. The average molecular weight is 662 g/mol. The van der Waals surface area contributed by atoms with Crippen molar-refractivity contribution in [2.75, 3.05) is 11.9 Å². The zero-order chi connectivity index (χ0) is 33.6. The third kappa shape index (κ3) is 20.1. The van der Waals surface area contributed by atoms with Gasteiger partial charge >= 0.3 is 0 Å². The van der Waals surface area contributed by atoms with Gasteiger partial charge in [0.05, 0.1) is 6.20 Å². The second-order valence-electron chi connectivity index (χ2n) is 14.3. The van der Waals surface area contributed by atoms with Gasteiger partial charge in [-0.3, -0.25) is 0 Å². The molecule has 0 aliphatic heterocycles. The van der Waals surface area contributed by atoms with E-state index >= 15 is 0 Å². The number of rotatable bonds is 33. The van der Waals surface area contributed by atoms with Crippen LogP contribution in [0.25, 0.3) is 11.2 Å². The Morgan fingerprint density at radius 2 is 0.917 bits per heavy atom. The molecule has 0 saturated carbocycles. The molecule has 0 saturated heterocycles. The summed E-state index contributed by atoms with van der Waals surface area (Å²) >= 11 is 0. The van der Waals surface area contributed by atoms with E-state index in [1.165, 1.54) is 173 Å². The summed E-state index contributed by atoms with van der Waals surface area (Å²) in [5.74, 6) is 1.65. The van der Waals surface area contributed by atoms with Crippen LogP contribution in [0.15, 0.2) is 36.5 Å². The molecule has 0 aliphatic carbocycles. The van der Waals surface area contributed by atoms with Crippen LogP contribution in [0.5, 0.6) is 0 Å². The van der Waals surface area contributed by atoms with Crippen LogP contribution in [0.2, 0.25) is 0 Å². The van der Waals surface area contributed by atoms with Gasteiger partial charge in [0, 0.05) is 19.6 Å². The number of unbranched alkanes of at least 4 members (excludes halogenated alkanes) is 27. The van der Waals surface area contributed by atoms with Gasteiger partial charge in [-0.1, -0.05) is 197 Å². The van der Waals surface area contributed by atoms with E-state index in [0.717, 1.165) is 48.7 Å². The Hall–Kier alpha value is -2.47. The Morgan fingerprint density at radius 1 is 0.500 bits per heavy atom. The van der Waals surface area contributed by atoms with Crippen molar-refractivity contribution in [3.05, 3.63) is 47.9 Å². The Bertz CT molecular complexity index is 1130. The maximum absolute atomic E-state index is 8.81. The first-order chi connectivity index (χ1) is 23.8. The Balaban J connectivity index is 0.998. The molecule has 0 atom stereocenters. The first-order valence-corrected chi connectivity index (χ1v) is 20.5. The zero-order valence-electron chi connectivity index (χ0n) is 30.7. The highest BCUT2D eigenvalue weighted by molar-refractivity contribution is 5.72. The minimum absolute atomic E-state index is 0.366. The fourth-order valence-electron chi connectivity index (χ4n) is 6.82. The summed E-state index contributed by atoms with van der Waals surface area (Å²) < 4.78 is 0. The summed E-state index contributed by atoms with van der Waals surface area (Å²) in [5.41, 5.74) is 2.86. The molecular weight excluding hydrogens is 590 g/mol. The number of aromatic nitrogens is 4. The smallest absolute Gasteiger partial charge is 0.203 e. The van der Waals surface area contributed by atoms with E-state index in [0.29, 0.717) is 6.61 Å². The fourth-order valence-corrected chi connectivity index (χ4v) is 6.82. The molecule has 270 valence electrons. The van der Waals surface area contributed by atoms with Gasteiger partial charge in [-0.25, -0.2) is 9.97 Å². The lowest BCUT2D eigenvalue weighted by Crippen LogP contribution is -2.00. The minimum atomic E-state index is 0.366. The van der Waals surface area contributed by atoms with Gasteiger partial charge in [0.1, 0.15) is 11.3 Å². The molecule has 0 spiro atoms. The highest BCUT2D eigenvalue weighted by Crippen LogP contribution is 2.17. The summed E-state index contributed by atoms with van der Waals surface area (Å²) in [6.45, 7) is 1.10. The van der Waals surface area contributed by atoms with E-state index < -0.39 is 0 Å². The first-order valence-electron chi connectivity index (χ1n) is 20.5. The number of imidazole rings is 1. The number of fused-ring (bicyclic) bond motifs is 1. The number of nitrogens with one attached hydrogen (secondary N) is 2. The number of anilines is 1. The van der Waals surface area contributed by atoms with Crippen molar-refractivity contribution in [3.8, 4) is 0 Å². The van der Waals surface area contributed by atoms with Crippen LogP contribution in [-0.4, -0.2) is 31.6 Å². The van der Waals surface area contributed by atoms with Crippen LogP contribution >= 0.6 is 0 Å². The predicted molar refractivity (Wildman–Crippen MR) is 206 cm³/mol. The Morgan fingerprint density at radius 3 is 1.35 bits per heavy atom. The maximum atomic E-state index is 8.81. The lowest BCUT2D eigenvalue weighted by Gasteiger charge is -2.04. The molecule has 0 bridgehead atoms. The number of benzene rings is 1. The van der Waals surface area contributed by atoms with Gasteiger partial charge in [0.15, 0.2) is 5.65 Å². The molecule has 6 nitrogen and oxygen atoms in total. The molecule has 2 aromatic heterocycles. The van der Waals surface area contributed by atoms with Crippen LogP contribution in [0.4, 0.5) is 5.95 Å². The lowest BCUT2D eigenvalue weighted by atomic mass is 10.0. The number of hydrogen-bond donors (Lipinski definition) is 3. The molecule has 2 heterocycles. The predicted octanol–water partition coefficient (Wildman–Crippen LogP) is 12.4. The van der Waals surface area contributed by atoms with Crippen molar-refractivity contribution in [3.63, 3.8) is 0 Å². The fraction of sp³-hybridized carbons (Fsp3) is 0.738. The third-order valence-corrected chi connectivity index (χ3v) is 9.90. The first kappa shape index (κ1) is 40.0. The molecule has 0 unspecified atom stereocenters. The summed E-state index contributed by atoms with van der Waals surface area (Å²) in [6, 6.07) is 10.3. The molecule has 0 fully saturated rings. The molecule has 0 radical (unpaired) electrons. The largest absolute Gasteiger partial charge is 0.396 e. The number of aromatic amines is 1. The Kier molecular flexibility index (Phi) is 23.6. The monoisotopic (exact) mass is 662 g/mol. The third-order valence-electron chi connectivity index (χ3n) is 9.90. The van der Waals surface area contributed by atoms with E-state index in [-0.39, 0.29) is 0 Å². The molecule has 0 amide bonds. The van der Waals surface area contributed by atoms with Gasteiger partial charge in [-0.05, 0) is 18.4 Å². The summed E-state index contributed by atoms with van der Waals surface area (Å²) in [6.07, 6.45) is 41.6. The van der Waals surface area contributed by atoms with Crippen LogP contribution in [-0.2, 0) is 13.0 Å². The van der Waals surface area contributed by atoms with Crippen molar-refractivity contribution in [2.24, 2.45) is 0 Å². The summed E-state index contributed by atoms with van der Waals surface area (Å²) in [5, 5.41) is 12.2. The lowest BCUT2D eigenvalue weighted by molar-refractivity contribution is 0.282. The van der Waals surface area contributed by atoms with Gasteiger partial charge < -0.3 is 15.4 Å². The average Bonchev–Trinajstić information content (AvgIpc) is 3.53. The van der Waals surface area contributed by atoms with Crippen molar-refractivity contribution in [1.29, 1.82) is 0 Å². The number of H-pyrrole nitrogens is 1. The molecule has 0 aliphatic rings. The number of hydrogen-bond acceptors (Lipinski definition) is 5. The van der Waals surface area contributed by atoms with E-state index in [1.807, 2.05) is 12.3 Å². The molecular formula is C42H71N5O.